The minimum atomic E-state index is -1.12. The fourth-order valence-corrected chi connectivity index (χ4v) is 2.73. The summed E-state index contributed by atoms with van der Waals surface area (Å²) in [5.41, 5.74) is -2.13. The lowest BCUT2D eigenvalue weighted by molar-refractivity contribution is -0.189. The molecular weight excluding hydrogens is 288 g/mol. The summed E-state index contributed by atoms with van der Waals surface area (Å²) >= 11 is 0. The van der Waals surface area contributed by atoms with Crippen LogP contribution in [0.1, 0.15) is 33.1 Å². The number of carbonyl (C=O) groups excluding carboxylic acids is 2. The second-order valence-electron chi connectivity index (χ2n) is 6.02. The Labute approximate surface area is 130 Å². The molecule has 0 heterocycles. The van der Waals surface area contributed by atoms with Crippen LogP contribution in [0.4, 0.5) is 0 Å². The van der Waals surface area contributed by atoms with Gasteiger partial charge in [0.25, 0.3) is 0 Å². The van der Waals surface area contributed by atoms with Crippen molar-refractivity contribution in [2.45, 2.75) is 50.4 Å². The fraction of sp³-hybridized carbons (Fsp3) is 0.625. The topological polar surface area (TPSA) is 93.1 Å². The molecule has 1 saturated carbocycles. The van der Waals surface area contributed by atoms with Crippen LogP contribution in [0.5, 0.6) is 0 Å². The van der Waals surface area contributed by atoms with Gasteiger partial charge in [-0.2, -0.15) is 0 Å². The molecule has 0 bridgehead atoms. The molecule has 4 atom stereocenters. The van der Waals surface area contributed by atoms with Gasteiger partial charge < -0.3 is 19.7 Å². The standard InChI is InChI=1S/C16H24O6/c1-5-13(19)21-15(3)8-7-11(9-12(15)18)16(4,10-17)22-14(20)6-2/h5-6,11-12,17-18H,1-2,7-10H2,3-4H3. The van der Waals surface area contributed by atoms with Crippen LogP contribution in [0.2, 0.25) is 0 Å². The maximum absolute atomic E-state index is 11.4. The number of aliphatic hydroxyl groups excluding tert-OH is 2. The number of hydrogen-bond donors (Lipinski definition) is 2. The van der Waals surface area contributed by atoms with E-state index in [-0.39, 0.29) is 18.9 Å². The van der Waals surface area contributed by atoms with Crippen molar-refractivity contribution >= 4 is 11.9 Å². The van der Waals surface area contributed by atoms with Gasteiger partial charge in [0.05, 0.1) is 12.7 Å². The average molecular weight is 312 g/mol. The first-order chi connectivity index (χ1) is 10.2. The molecule has 0 aromatic heterocycles. The largest absolute Gasteiger partial charge is 0.453 e. The van der Waals surface area contributed by atoms with Crippen molar-refractivity contribution in [2.75, 3.05) is 6.61 Å². The Morgan fingerprint density at radius 1 is 1.36 bits per heavy atom. The van der Waals surface area contributed by atoms with Crippen LogP contribution >= 0.6 is 0 Å². The smallest absolute Gasteiger partial charge is 0.330 e. The lowest BCUT2D eigenvalue weighted by Crippen LogP contribution is -2.53. The SMILES string of the molecule is C=CC(=O)OC1(C)CCC(C(C)(CO)OC(=O)C=C)CC1O. The van der Waals surface area contributed by atoms with Crippen LogP contribution in [0.3, 0.4) is 0 Å². The molecule has 22 heavy (non-hydrogen) atoms. The summed E-state index contributed by atoms with van der Waals surface area (Å²) < 4.78 is 10.5. The highest BCUT2D eigenvalue weighted by Crippen LogP contribution is 2.41. The molecule has 0 saturated heterocycles. The number of ether oxygens (including phenoxy) is 2. The van der Waals surface area contributed by atoms with Crippen LogP contribution in [0, 0.1) is 5.92 Å². The minimum Gasteiger partial charge on any atom is -0.453 e. The Bertz CT molecular complexity index is 460. The van der Waals surface area contributed by atoms with Gasteiger partial charge in [-0.15, -0.1) is 0 Å². The highest BCUT2D eigenvalue weighted by molar-refractivity contribution is 5.82. The van der Waals surface area contributed by atoms with Gasteiger partial charge in [-0.05, 0) is 33.1 Å². The number of carbonyl (C=O) groups is 2. The van der Waals surface area contributed by atoms with Crippen LogP contribution in [-0.4, -0.2) is 46.1 Å². The van der Waals surface area contributed by atoms with E-state index < -0.39 is 29.2 Å². The summed E-state index contributed by atoms with van der Waals surface area (Å²) in [6.07, 6.45) is 2.31. The third kappa shape index (κ3) is 3.96. The number of rotatable bonds is 6. The lowest BCUT2D eigenvalue weighted by atomic mass is 9.71. The van der Waals surface area contributed by atoms with Crippen molar-refractivity contribution < 1.29 is 29.3 Å². The van der Waals surface area contributed by atoms with Crippen molar-refractivity contribution in [3.05, 3.63) is 25.3 Å². The number of esters is 2. The maximum atomic E-state index is 11.4. The molecule has 0 radical (unpaired) electrons. The Morgan fingerprint density at radius 3 is 2.41 bits per heavy atom. The van der Waals surface area contributed by atoms with E-state index in [2.05, 4.69) is 13.2 Å². The lowest BCUT2D eigenvalue weighted by Gasteiger charge is -2.45. The van der Waals surface area contributed by atoms with Crippen molar-refractivity contribution in [2.24, 2.45) is 5.92 Å². The molecule has 6 heteroatoms. The highest BCUT2D eigenvalue weighted by Gasteiger charge is 2.48. The molecule has 1 aliphatic carbocycles. The fourth-order valence-electron chi connectivity index (χ4n) is 2.73. The van der Waals surface area contributed by atoms with Crippen molar-refractivity contribution in [1.29, 1.82) is 0 Å². The van der Waals surface area contributed by atoms with E-state index in [4.69, 9.17) is 9.47 Å². The van der Waals surface area contributed by atoms with Gasteiger partial charge in [-0.1, -0.05) is 13.2 Å². The number of hydrogen-bond acceptors (Lipinski definition) is 6. The van der Waals surface area contributed by atoms with E-state index in [0.717, 1.165) is 12.2 Å². The first kappa shape index (κ1) is 18.4. The zero-order chi connectivity index (χ0) is 17.0. The Kier molecular flexibility index (Phi) is 5.91. The van der Waals surface area contributed by atoms with Crippen molar-refractivity contribution in [1.82, 2.24) is 0 Å². The number of aliphatic hydroxyl groups is 2. The summed E-state index contributed by atoms with van der Waals surface area (Å²) in [4.78, 5) is 22.8. The Balaban J connectivity index is 2.83. The highest BCUT2D eigenvalue weighted by atomic mass is 16.6. The molecule has 124 valence electrons. The van der Waals surface area contributed by atoms with Crippen LogP contribution in [0.25, 0.3) is 0 Å². The van der Waals surface area contributed by atoms with E-state index in [9.17, 15) is 19.8 Å². The van der Waals surface area contributed by atoms with Crippen molar-refractivity contribution in [3.8, 4) is 0 Å². The van der Waals surface area contributed by atoms with Gasteiger partial charge in [-0.3, -0.25) is 0 Å². The summed E-state index contributed by atoms with van der Waals surface area (Å²) in [5.74, 6) is -1.48. The molecule has 0 spiro atoms. The average Bonchev–Trinajstić information content (AvgIpc) is 2.49. The van der Waals surface area contributed by atoms with Gasteiger partial charge in [0.15, 0.2) is 0 Å². The van der Waals surface area contributed by atoms with E-state index in [1.807, 2.05) is 0 Å². The Morgan fingerprint density at radius 2 is 1.95 bits per heavy atom. The molecular formula is C16H24O6. The minimum absolute atomic E-state index is 0.238. The van der Waals surface area contributed by atoms with Crippen LogP contribution in [-0.2, 0) is 19.1 Å². The van der Waals surface area contributed by atoms with E-state index in [1.54, 1.807) is 13.8 Å². The van der Waals surface area contributed by atoms with E-state index in [0.29, 0.717) is 12.8 Å². The summed E-state index contributed by atoms with van der Waals surface area (Å²) in [6.45, 7) is 9.57. The van der Waals surface area contributed by atoms with Gasteiger partial charge in [0.1, 0.15) is 11.2 Å². The molecule has 6 nitrogen and oxygen atoms in total. The third-order valence-electron chi connectivity index (χ3n) is 4.38. The predicted molar refractivity (Wildman–Crippen MR) is 79.8 cm³/mol. The summed E-state index contributed by atoms with van der Waals surface area (Å²) in [7, 11) is 0. The molecule has 0 amide bonds. The molecule has 0 aromatic rings. The Hall–Kier alpha value is -1.66. The van der Waals surface area contributed by atoms with Gasteiger partial charge in [-0.25, -0.2) is 9.59 Å². The van der Waals surface area contributed by atoms with Gasteiger partial charge >= 0.3 is 11.9 Å². The van der Waals surface area contributed by atoms with Crippen molar-refractivity contribution in [3.63, 3.8) is 0 Å². The summed E-state index contributed by atoms with van der Waals surface area (Å²) in [5, 5.41) is 19.9. The molecule has 0 aliphatic heterocycles. The zero-order valence-electron chi connectivity index (χ0n) is 13.1. The first-order valence-electron chi connectivity index (χ1n) is 7.20. The molecule has 0 aromatic carbocycles. The molecule has 1 aliphatic rings. The zero-order valence-corrected chi connectivity index (χ0v) is 13.1. The molecule has 1 fully saturated rings. The summed E-state index contributed by atoms with van der Waals surface area (Å²) in [6, 6.07) is 0. The third-order valence-corrected chi connectivity index (χ3v) is 4.38. The van der Waals surface area contributed by atoms with Crippen LogP contribution < -0.4 is 0 Å². The van der Waals surface area contributed by atoms with Gasteiger partial charge in [0, 0.05) is 18.1 Å². The molecule has 1 rings (SSSR count). The molecule has 4 unspecified atom stereocenters. The first-order valence-corrected chi connectivity index (χ1v) is 7.20. The second kappa shape index (κ2) is 7.07. The second-order valence-corrected chi connectivity index (χ2v) is 6.02. The monoisotopic (exact) mass is 312 g/mol. The molecule has 2 N–H and O–H groups in total. The normalized spacial score (nSPS) is 30.7. The van der Waals surface area contributed by atoms with E-state index >= 15 is 0 Å². The van der Waals surface area contributed by atoms with Gasteiger partial charge in [0.2, 0.25) is 0 Å². The van der Waals surface area contributed by atoms with E-state index in [1.165, 1.54) is 0 Å². The maximum Gasteiger partial charge on any atom is 0.330 e. The predicted octanol–water partition coefficient (Wildman–Crippen LogP) is 1.12. The van der Waals surface area contributed by atoms with Crippen LogP contribution in [0.15, 0.2) is 25.3 Å². The quantitative estimate of drug-likeness (QED) is 0.564.